The smallest absolute Gasteiger partial charge is 0.337 e. The number of hydrogen-bond acceptors (Lipinski definition) is 3. The van der Waals surface area contributed by atoms with Crippen molar-refractivity contribution in [3.05, 3.63) is 113 Å². The number of carbonyl (C=O) groups is 1. The molecule has 0 unspecified atom stereocenters. The monoisotopic (exact) mass is 570 g/mol. The summed E-state index contributed by atoms with van der Waals surface area (Å²) in [7, 11) is 1.42. The van der Waals surface area contributed by atoms with Gasteiger partial charge in [-0.2, -0.15) is 0 Å². The zero-order chi connectivity index (χ0) is 29.4. The third kappa shape index (κ3) is 5.72. The van der Waals surface area contributed by atoms with Gasteiger partial charge < -0.3 is 9.30 Å². The molecule has 4 saturated carbocycles. The van der Waals surface area contributed by atoms with Crippen molar-refractivity contribution < 1.29 is 9.53 Å². The van der Waals surface area contributed by atoms with E-state index < -0.39 is 0 Å². The van der Waals surface area contributed by atoms with Crippen molar-refractivity contribution in [2.75, 3.05) is 7.11 Å². The summed E-state index contributed by atoms with van der Waals surface area (Å²) in [5.74, 6) is 3.56. The van der Waals surface area contributed by atoms with Gasteiger partial charge in [0.2, 0.25) is 0 Å². The first-order valence-corrected chi connectivity index (χ1v) is 16.0. The molecule has 0 radical (unpaired) electrons. The molecule has 4 aliphatic rings. The number of benzene rings is 3. The molecule has 1 aromatic heterocycles. The normalized spacial score (nSPS) is 24.1. The molecule has 0 aliphatic heterocycles. The highest BCUT2D eigenvalue weighted by molar-refractivity contribution is 5.90. The Morgan fingerprint density at radius 2 is 1.60 bits per heavy atom. The van der Waals surface area contributed by atoms with E-state index in [1.54, 1.807) is 6.07 Å². The van der Waals surface area contributed by atoms with Gasteiger partial charge in [-0.15, -0.1) is 0 Å². The molecule has 43 heavy (non-hydrogen) atoms. The van der Waals surface area contributed by atoms with Crippen LogP contribution in [0.4, 0.5) is 0 Å². The highest BCUT2D eigenvalue weighted by Gasteiger charge is 2.50. The van der Waals surface area contributed by atoms with Gasteiger partial charge in [-0.25, -0.2) is 9.78 Å². The quantitative estimate of drug-likeness (QED) is 0.189. The molecular formula is C39H42N2O2. The number of aromatic nitrogens is 2. The summed E-state index contributed by atoms with van der Waals surface area (Å²) >= 11 is 0. The molecule has 1 heterocycles. The first-order valence-electron chi connectivity index (χ1n) is 16.0. The summed E-state index contributed by atoms with van der Waals surface area (Å²) < 4.78 is 7.45. The van der Waals surface area contributed by atoms with Crippen molar-refractivity contribution in [1.82, 2.24) is 9.55 Å². The van der Waals surface area contributed by atoms with Crippen LogP contribution in [-0.4, -0.2) is 22.6 Å². The molecule has 4 bridgehead atoms. The number of carbonyl (C=O) groups excluding carboxylic acids is 1. The third-order valence-corrected chi connectivity index (χ3v) is 10.5. The van der Waals surface area contributed by atoms with E-state index in [0.29, 0.717) is 11.0 Å². The van der Waals surface area contributed by atoms with Gasteiger partial charge in [0, 0.05) is 17.8 Å². The summed E-state index contributed by atoms with van der Waals surface area (Å²) in [6.45, 7) is 2.97. The minimum atomic E-state index is -0.319. The Hall–Kier alpha value is -3.92. The molecule has 4 aromatic rings. The molecule has 4 nitrogen and oxygen atoms in total. The van der Waals surface area contributed by atoms with Crippen LogP contribution in [0.15, 0.2) is 78.9 Å². The van der Waals surface area contributed by atoms with Gasteiger partial charge in [0.15, 0.2) is 0 Å². The maximum Gasteiger partial charge on any atom is 0.337 e. The predicted molar refractivity (Wildman–Crippen MR) is 174 cm³/mol. The largest absolute Gasteiger partial charge is 0.465 e. The lowest BCUT2D eigenvalue weighted by Crippen LogP contribution is -2.46. The molecule has 0 spiro atoms. The Bertz CT molecular complexity index is 1610. The molecule has 0 amide bonds. The molecular weight excluding hydrogens is 528 g/mol. The lowest BCUT2D eigenvalue weighted by molar-refractivity contribution is -0.0571. The van der Waals surface area contributed by atoms with Crippen molar-refractivity contribution in [1.29, 1.82) is 0 Å². The van der Waals surface area contributed by atoms with Crippen LogP contribution in [0, 0.1) is 30.1 Å². The van der Waals surface area contributed by atoms with Crippen LogP contribution in [0.5, 0.6) is 0 Å². The Morgan fingerprint density at radius 1 is 0.907 bits per heavy atom. The van der Waals surface area contributed by atoms with E-state index in [-0.39, 0.29) is 5.97 Å². The van der Waals surface area contributed by atoms with E-state index in [1.807, 2.05) is 18.2 Å². The van der Waals surface area contributed by atoms with Crippen LogP contribution in [0.25, 0.3) is 23.5 Å². The van der Waals surface area contributed by atoms with Crippen molar-refractivity contribution in [3.8, 4) is 11.4 Å². The summed E-state index contributed by atoms with van der Waals surface area (Å²) in [4.78, 5) is 17.6. The topological polar surface area (TPSA) is 44.1 Å². The Morgan fingerprint density at radius 3 is 2.30 bits per heavy atom. The third-order valence-electron chi connectivity index (χ3n) is 10.5. The summed E-state index contributed by atoms with van der Waals surface area (Å²) in [5, 5.41) is 0. The number of methoxy groups -OCH3 is 1. The lowest BCUT2D eigenvalue weighted by Gasteiger charge is -2.57. The molecule has 4 aliphatic carbocycles. The number of nitrogens with zero attached hydrogens (tertiary/aromatic N) is 2. The van der Waals surface area contributed by atoms with Gasteiger partial charge in [0.25, 0.3) is 0 Å². The number of esters is 1. The molecule has 3 aromatic carbocycles. The molecule has 0 N–H and O–H groups in total. The van der Waals surface area contributed by atoms with E-state index in [2.05, 4.69) is 78.2 Å². The first-order chi connectivity index (χ1) is 21.0. The number of aryl methyl sites for hydroxylation is 1. The second-order valence-electron chi connectivity index (χ2n) is 13.5. The predicted octanol–water partition coefficient (Wildman–Crippen LogP) is 9.01. The Kier molecular flexibility index (Phi) is 7.55. The van der Waals surface area contributed by atoms with Gasteiger partial charge in [0.1, 0.15) is 5.82 Å². The van der Waals surface area contributed by atoms with Crippen molar-refractivity contribution in [2.24, 2.45) is 23.2 Å². The fraction of sp³-hybridized carbons (Fsp3) is 0.385. The maximum absolute atomic E-state index is 12.2. The second kappa shape index (κ2) is 11.6. The summed E-state index contributed by atoms with van der Waals surface area (Å²) in [5.41, 5.74) is 8.06. The van der Waals surface area contributed by atoms with Crippen LogP contribution < -0.4 is 0 Å². The number of imidazole rings is 1. The van der Waals surface area contributed by atoms with E-state index >= 15 is 0 Å². The van der Waals surface area contributed by atoms with Crippen LogP contribution in [0.2, 0.25) is 0 Å². The average Bonchev–Trinajstić information content (AvgIpc) is 3.35. The van der Waals surface area contributed by atoms with Crippen molar-refractivity contribution >= 4 is 18.1 Å². The van der Waals surface area contributed by atoms with Crippen LogP contribution in [0.3, 0.4) is 0 Å². The highest BCUT2D eigenvalue weighted by atomic mass is 16.5. The SMILES string of the molecule is COC(=O)c1cccc(C=Cc2nc(-c3ccccc3C)n(Cc3ccccc3)c2CCC23CC4CC(CC(C4)C2)C3)c1. The molecule has 4 heteroatoms. The molecule has 0 atom stereocenters. The van der Waals surface area contributed by atoms with Crippen molar-refractivity contribution in [2.45, 2.75) is 64.8 Å². The molecule has 220 valence electrons. The highest BCUT2D eigenvalue weighted by Crippen LogP contribution is 2.61. The fourth-order valence-corrected chi connectivity index (χ4v) is 8.91. The zero-order valence-corrected chi connectivity index (χ0v) is 25.5. The summed E-state index contributed by atoms with van der Waals surface area (Å²) in [6, 6.07) is 27.0. The average molecular weight is 571 g/mol. The summed E-state index contributed by atoms with van der Waals surface area (Å²) in [6.07, 6.45) is 15.2. The van der Waals surface area contributed by atoms with Gasteiger partial charge in [0.05, 0.1) is 18.4 Å². The van der Waals surface area contributed by atoms with E-state index in [9.17, 15) is 4.79 Å². The van der Waals surface area contributed by atoms with Gasteiger partial charge in [-0.05, 0) is 116 Å². The van der Waals surface area contributed by atoms with Gasteiger partial charge in [-0.3, -0.25) is 0 Å². The Balaban J connectivity index is 1.30. The number of hydrogen-bond donors (Lipinski definition) is 0. The first kappa shape index (κ1) is 27.9. The van der Waals surface area contributed by atoms with Gasteiger partial charge in [-0.1, -0.05) is 72.8 Å². The van der Waals surface area contributed by atoms with Gasteiger partial charge >= 0.3 is 5.97 Å². The zero-order valence-electron chi connectivity index (χ0n) is 25.5. The maximum atomic E-state index is 12.2. The fourth-order valence-electron chi connectivity index (χ4n) is 8.91. The van der Waals surface area contributed by atoms with E-state index in [1.165, 1.54) is 74.4 Å². The minimum Gasteiger partial charge on any atom is -0.465 e. The second-order valence-corrected chi connectivity index (χ2v) is 13.5. The van der Waals surface area contributed by atoms with E-state index in [4.69, 9.17) is 9.72 Å². The molecule has 0 saturated heterocycles. The number of ether oxygens (including phenoxy) is 1. The number of rotatable bonds is 9. The van der Waals surface area contributed by atoms with Crippen LogP contribution >= 0.6 is 0 Å². The standard InChI is InChI=1S/C39H42N2O2/c1-27-9-6-7-14-34(27)37-40-35(16-15-28-12-8-13-33(22-28)38(42)43-2)36(41(37)26-29-10-4-3-5-11-29)17-18-39-23-30-19-31(24-39)21-32(20-30)25-39/h3-16,22,30-32H,17-21,23-26H2,1-2H3. The minimum absolute atomic E-state index is 0.319. The van der Waals surface area contributed by atoms with Crippen molar-refractivity contribution in [3.63, 3.8) is 0 Å². The lowest BCUT2D eigenvalue weighted by atomic mass is 9.48. The van der Waals surface area contributed by atoms with Crippen LogP contribution in [0.1, 0.15) is 83.4 Å². The Labute approximate surface area is 255 Å². The molecule has 4 fully saturated rings. The molecule has 8 rings (SSSR count). The van der Waals surface area contributed by atoms with E-state index in [0.717, 1.165) is 47.8 Å². The van der Waals surface area contributed by atoms with Crippen LogP contribution in [-0.2, 0) is 17.7 Å².